The number of nitrogens with zero attached hydrogens (tertiary/aromatic N) is 4. The Hall–Kier alpha value is -1.77. The smallest absolute Gasteiger partial charge is 0.191 e. The summed E-state index contributed by atoms with van der Waals surface area (Å²) in [5.74, 6) is 0.817. The summed E-state index contributed by atoms with van der Waals surface area (Å²) in [5.41, 5.74) is 7.40. The quantitative estimate of drug-likeness (QED) is 0.365. The highest BCUT2D eigenvalue weighted by atomic mass is 127. The molecule has 0 saturated carbocycles. The molecule has 1 aromatic carbocycles. The third-order valence-electron chi connectivity index (χ3n) is 5.06. The van der Waals surface area contributed by atoms with E-state index < -0.39 is 0 Å². The fourth-order valence-electron chi connectivity index (χ4n) is 3.23. The maximum absolute atomic E-state index is 4.51. The second-order valence-electron chi connectivity index (χ2n) is 7.45. The van der Waals surface area contributed by atoms with Gasteiger partial charge in [-0.2, -0.15) is 5.10 Å². The van der Waals surface area contributed by atoms with Crippen LogP contribution >= 0.6 is 24.0 Å². The van der Waals surface area contributed by atoms with Gasteiger partial charge in [0.05, 0.1) is 5.69 Å². The van der Waals surface area contributed by atoms with E-state index in [1.165, 1.54) is 28.1 Å². The molecule has 0 radical (unpaired) electrons. The average molecular weight is 498 g/mol. The minimum atomic E-state index is 0. The molecule has 0 aliphatic heterocycles. The largest absolute Gasteiger partial charge is 0.378 e. The van der Waals surface area contributed by atoms with Crippen molar-refractivity contribution in [3.8, 4) is 0 Å². The summed E-state index contributed by atoms with van der Waals surface area (Å²) in [4.78, 5) is 6.50. The number of rotatable bonds is 6. The Labute approximate surface area is 186 Å². The van der Waals surface area contributed by atoms with E-state index in [2.05, 4.69) is 85.6 Å². The predicted octanol–water partition coefficient (Wildman–Crippen LogP) is 3.33. The van der Waals surface area contributed by atoms with Crippen LogP contribution in [0.4, 0.5) is 5.69 Å². The number of anilines is 1. The Morgan fingerprint density at radius 3 is 2.43 bits per heavy atom. The topological polar surface area (TPSA) is 57.5 Å². The summed E-state index contributed by atoms with van der Waals surface area (Å²) in [6, 6.07) is 6.80. The van der Waals surface area contributed by atoms with Crippen molar-refractivity contribution in [1.82, 2.24) is 20.4 Å². The molecule has 0 spiro atoms. The van der Waals surface area contributed by atoms with Gasteiger partial charge in [-0.05, 0) is 62.9 Å². The minimum Gasteiger partial charge on any atom is -0.378 e. The van der Waals surface area contributed by atoms with Crippen LogP contribution in [0.3, 0.4) is 0 Å². The van der Waals surface area contributed by atoms with E-state index in [-0.39, 0.29) is 30.0 Å². The average Bonchev–Trinajstić information content (AvgIpc) is 2.85. The highest BCUT2D eigenvalue weighted by Gasteiger charge is 2.14. The van der Waals surface area contributed by atoms with Crippen LogP contribution in [0, 0.1) is 20.8 Å². The van der Waals surface area contributed by atoms with Gasteiger partial charge in [0.2, 0.25) is 0 Å². The van der Waals surface area contributed by atoms with Gasteiger partial charge >= 0.3 is 0 Å². The summed E-state index contributed by atoms with van der Waals surface area (Å²) in [6.07, 6.45) is 0.919. The summed E-state index contributed by atoms with van der Waals surface area (Å²) >= 11 is 0. The van der Waals surface area contributed by atoms with Crippen LogP contribution in [0.5, 0.6) is 0 Å². The Balaban J connectivity index is 0.00000392. The maximum Gasteiger partial charge on any atom is 0.191 e. The highest BCUT2D eigenvalue weighted by molar-refractivity contribution is 14.0. The first-order valence-electron chi connectivity index (χ1n) is 9.46. The monoisotopic (exact) mass is 498 g/mol. The Kier molecular flexibility index (Phi) is 9.26. The van der Waals surface area contributed by atoms with Gasteiger partial charge in [-0.1, -0.05) is 6.07 Å². The fourth-order valence-corrected chi connectivity index (χ4v) is 3.23. The van der Waals surface area contributed by atoms with E-state index in [1.807, 2.05) is 18.8 Å². The zero-order chi connectivity index (χ0) is 20.1. The normalized spacial score (nSPS) is 12.4. The molecule has 0 saturated heterocycles. The first-order chi connectivity index (χ1) is 12.7. The van der Waals surface area contributed by atoms with E-state index in [9.17, 15) is 0 Å². The Bertz CT molecular complexity index is 809. The molecule has 1 unspecified atom stereocenters. The number of hydrogen-bond donors (Lipinski definition) is 2. The predicted molar refractivity (Wildman–Crippen MR) is 130 cm³/mol. The lowest BCUT2D eigenvalue weighted by atomic mass is 10.1. The van der Waals surface area contributed by atoms with Crippen molar-refractivity contribution < 1.29 is 0 Å². The molecule has 6 nitrogen and oxygen atoms in total. The van der Waals surface area contributed by atoms with Gasteiger partial charge in [0, 0.05) is 52.2 Å². The molecule has 0 bridgehead atoms. The lowest BCUT2D eigenvalue weighted by molar-refractivity contribution is 0.635. The van der Waals surface area contributed by atoms with Gasteiger partial charge in [-0.15, -0.1) is 24.0 Å². The standard InChI is InChI=1S/C21H34N6.HI/c1-14-11-19(26(6)7)10-9-18(14)13-23-21(22-5)24-15(2)12-20-16(3)25-27(8)17(20)4;/h9-11,15H,12-13H2,1-8H3,(H2,22,23,24);1H. The SMILES string of the molecule is CN=C(NCc1ccc(N(C)C)cc1C)NC(C)Cc1c(C)nn(C)c1C.I. The van der Waals surface area contributed by atoms with Crippen molar-refractivity contribution in [3.63, 3.8) is 0 Å². The van der Waals surface area contributed by atoms with E-state index >= 15 is 0 Å². The van der Waals surface area contributed by atoms with E-state index in [0.29, 0.717) is 0 Å². The third kappa shape index (κ3) is 6.12. The molecule has 0 aliphatic carbocycles. The summed E-state index contributed by atoms with van der Waals surface area (Å²) in [5, 5.41) is 11.4. The van der Waals surface area contributed by atoms with Crippen LogP contribution in [0.1, 0.15) is 35.0 Å². The van der Waals surface area contributed by atoms with Crippen LogP contribution in [0.2, 0.25) is 0 Å². The molecule has 1 atom stereocenters. The summed E-state index contributed by atoms with van der Waals surface area (Å²) in [6.45, 7) is 9.27. The molecule has 2 rings (SSSR count). The second kappa shape index (κ2) is 10.7. The Morgan fingerprint density at radius 1 is 1.25 bits per heavy atom. The number of guanidine groups is 1. The van der Waals surface area contributed by atoms with Gasteiger partial charge in [0.15, 0.2) is 5.96 Å². The molecule has 2 N–H and O–H groups in total. The van der Waals surface area contributed by atoms with Gasteiger partial charge < -0.3 is 15.5 Å². The molecule has 28 heavy (non-hydrogen) atoms. The molecule has 7 heteroatoms. The van der Waals surface area contributed by atoms with E-state index in [1.54, 1.807) is 0 Å². The molecule has 0 amide bonds. The highest BCUT2D eigenvalue weighted by Crippen LogP contribution is 2.17. The van der Waals surface area contributed by atoms with Gasteiger partial charge in [-0.25, -0.2) is 0 Å². The zero-order valence-electron chi connectivity index (χ0n) is 18.4. The van der Waals surface area contributed by atoms with Crippen LogP contribution in [-0.4, -0.2) is 42.9 Å². The van der Waals surface area contributed by atoms with Crippen LogP contribution in [0.25, 0.3) is 0 Å². The minimum absolute atomic E-state index is 0. The number of nitrogens with one attached hydrogen (secondary N) is 2. The van der Waals surface area contributed by atoms with Crippen molar-refractivity contribution in [3.05, 3.63) is 46.3 Å². The number of benzene rings is 1. The molecule has 156 valence electrons. The molecule has 0 aliphatic rings. The Morgan fingerprint density at radius 2 is 1.93 bits per heavy atom. The van der Waals surface area contributed by atoms with Gasteiger partial charge in [0.1, 0.15) is 0 Å². The number of aromatic nitrogens is 2. The molecule has 1 aromatic heterocycles. The number of halogens is 1. The van der Waals surface area contributed by atoms with Gasteiger partial charge in [0.25, 0.3) is 0 Å². The molecule has 2 aromatic rings. The van der Waals surface area contributed by atoms with Crippen molar-refractivity contribution in [2.24, 2.45) is 12.0 Å². The number of hydrogen-bond acceptors (Lipinski definition) is 3. The van der Waals surface area contributed by atoms with Gasteiger partial charge in [-0.3, -0.25) is 9.67 Å². The van der Waals surface area contributed by atoms with Crippen molar-refractivity contribution in [1.29, 1.82) is 0 Å². The number of aliphatic imine (C=N–C) groups is 1. The zero-order valence-corrected chi connectivity index (χ0v) is 20.8. The lowest BCUT2D eigenvalue weighted by Gasteiger charge is -2.19. The molecular formula is C21H35IN6. The first kappa shape index (κ1) is 24.3. The van der Waals surface area contributed by atoms with Crippen molar-refractivity contribution >= 4 is 35.6 Å². The van der Waals surface area contributed by atoms with Crippen LogP contribution in [-0.2, 0) is 20.0 Å². The van der Waals surface area contributed by atoms with Crippen LogP contribution in [0.15, 0.2) is 23.2 Å². The van der Waals surface area contributed by atoms with E-state index in [0.717, 1.165) is 24.6 Å². The first-order valence-corrected chi connectivity index (χ1v) is 9.46. The van der Waals surface area contributed by atoms with Crippen molar-refractivity contribution in [2.75, 3.05) is 26.0 Å². The summed E-state index contributed by atoms with van der Waals surface area (Å²) in [7, 11) is 7.93. The summed E-state index contributed by atoms with van der Waals surface area (Å²) < 4.78 is 1.95. The molecular weight excluding hydrogens is 463 g/mol. The maximum atomic E-state index is 4.51. The molecule has 1 heterocycles. The third-order valence-corrected chi connectivity index (χ3v) is 5.06. The van der Waals surface area contributed by atoms with Crippen LogP contribution < -0.4 is 15.5 Å². The lowest BCUT2D eigenvalue weighted by Crippen LogP contribution is -2.42. The van der Waals surface area contributed by atoms with Crippen molar-refractivity contribution in [2.45, 2.75) is 46.7 Å². The second-order valence-corrected chi connectivity index (χ2v) is 7.45. The fraction of sp³-hybridized carbons (Fsp3) is 0.524. The number of aryl methyl sites for hydroxylation is 3. The molecule has 0 fully saturated rings. The van der Waals surface area contributed by atoms with E-state index in [4.69, 9.17) is 0 Å².